The van der Waals surface area contributed by atoms with E-state index in [2.05, 4.69) is 21.2 Å². The highest BCUT2D eigenvalue weighted by atomic mass is 79.9. The van der Waals surface area contributed by atoms with E-state index in [0.29, 0.717) is 18.9 Å². The Bertz CT molecular complexity index is 1420. The largest absolute Gasteiger partial charge is 0.494 e. The Morgan fingerprint density at radius 1 is 0.951 bits per heavy atom. The first kappa shape index (κ1) is 32.1. The first-order chi connectivity index (χ1) is 19.4. The van der Waals surface area contributed by atoms with Crippen LogP contribution in [0.5, 0.6) is 5.75 Å². The average Bonchev–Trinajstić information content (AvgIpc) is 2.94. The normalized spacial score (nSPS) is 12.1. The van der Waals surface area contributed by atoms with Crippen LogP contribution < -0.4 is 14.4 Å². The second-order valence-corrected chi connectivity index (χ2v) is 12.6. The molecule has 220 valence electrons. The molecule has 0 aromatic heterocycles. The van der Waals surface area contributed by atoms with Crippen LogP contribution in [0.25, 0.3) is 0 Å². The van der Waals surface area contributed by atoms with Gasteiger partial charge in [0.2, 0.25) is 11.8 Å². The number of rotatable bonds is 13. The molecule has 0 radical (unpaired) electrons. The summed E-state index contributed by atoms with van der Waals surface area (Å²) in [7, 11) is -4.30. The van der Waals surface area contributed by atoms with Gasteiger partial charge < -0.3 is 15.0 Å². The average molecular weight is 649 g/mol. The van der Waals surface area contributed by atoms with Gasteiger partial charge in [-0.25, -0.2) is 12.8 Å². The van der Waals surface area contributed by atoms with Crippen molar-refractivity contribution in [3.8, 4) is 5.75 Å². The molecule has 0 unspecified atom stereocenters. The van der Waals surface area contributed by atoms with Crippen molar-refractivity contribution in [2.75, 3.05) is 24.0 Å². The van der Waals surface area contributed by atoms with Crippen LogP contribution >= 0.6 is 15.9 Å². The number of hydrogen-bond acceptors (Lipinski definition) is 5. The molecule has 3 aromatic rings. The molecular formula is C30H35BrFN3O5S. The van der Waals surface area contributed by atoms with Crippen molar-refractivity contribution in [2.24, 2.45) is 5.92 Å². The minimum absolute atomic E-state index is 0.0795. The lowest BCUT2D eigenvalue weighted by molar-refractivity contribution is -0.139. The number of anilines is 1. The monoisotopic (exact) mass is 647 g/mol. The Labute approximate surface area is 249 Å². The molecule has 0 saturated heterocycles. The first-order valence-electron chi connectivity index (χ1n) is 13.2. The molecule has 0 aliphatic carbocycles. The zero-order valence-corrected chi connectivity index (χ0v) is 25.9. The molecule has 41 heavy (non-hydrogen) atoms. The molecule has 0 aliphatic heterocycles. The van der Waals surface area contributed by atoms with Crippen LogP contribution in [0.1, 0.15) is 33.3 Å². The van der Waals surface area contributed by atoms with Gasteiger partial charge in [0.25, 0.3) is 10.0 Å². The molecule has 0 heterocycles. The maximum atomic E-state index is 13.9. The standard InChI is InChI=1S/C30H35BrFN3O5S/c1-5-40-27-14-12-26(13-15-27)35(41(38,39)28-16-10-25(32)11-17-28)20-29(36)34(19-23-6-8-24(31)9-7-23)22(4)30(37)33-18-21(2)3/h6-17,21-22H,5,18-20H2,1-4H3,(H,33,37)/t22-/m1/s1. The van der Waals surface area contributed by atoms with Gasteiger partial charge in [0.1, 0.15) is 24.2 Å². The molecule has 3 rings (SSSR count). The van der Waals surface area contributed by atoms with Crippen LogP contribution in [0, 0.1) is 11.7 Å². The van der Waals surface area contributed by atoms with Gasteiger partial charge in [-0.05, 0) is 86.0 Å². The van der Waals surface area contributed by atoms with Crippen molar-refractivity contribution in [3.05, 3.63) is 88.6 Å². The fraction of sp³-hybridized carbons (Fsp3) is 0.333. The van der Waals surface area contributed by atoms with Gasteiger partial charge in [-0.15, -0.1) is 0 Å². The van der Waals surface area contributed by atoms with E-state index in [1.54, 1.807) is 19.1 Å². The fourth-order valence-corrected chi connectivity index (χ4v) is 5.64. The zero-order chi connectivity index (χ0) is 30.2. The molecule has 1 N–H and O–H groups in total. The Morgan fingerprint density at radius 2 is 1.56 bits per heavy atom. The van der Waals surface area contributed by atoms with Gasteiger partial charge in [0, 0.05) is 17.6 Å². The van der Waals surface area contributed by atoms with Gasteiger partial charge in [-0.1, -0.05) is 41.9 Å². The Hall–Kier alpha value is -3.44. The van der Waals surface area contributed by atoms with E-state index >= 15 is 0 Å². The number of ether oxygens (including phenoxy) is 1. The molecule has 0 aliphatic rings. The highest BCUT2D eigenvalue weighted by molar-refractivity contribution is 9.10. The molecule has 1 atom stereocenters. The summed E-state index contributed by atoms with van der Waals surface area (Å²) in [6.07, 6.45) is 0. The van der Waals surface area contributed by atoms with Gasteiger partial charge in [0.05, 0.1) is 17.2 Å². The van der Waals surface area contributed by atoms with Gasteiger partial charge in [-0.2, -0.15) is 0 Å². The smallest absolute Gasteiger partial charge is 0.264 e. The summed E-state index contributed by atoms with van der Waals surface area (Å²) in [5.41, 5.74) is 0.978. The van der Waals surface area contributed by atoms with E-state index in [0.717, 1.165) is 38.6 Å². The van der Waals surface area contributed by atoms with Crippen LogP contribution in [0.15, 0.2) is 82.2 Å². The number of nitrogens with zero attached hydrogens (tertiary/aromatic N) is 2. The number of amides is 2. The van der Waals surface area contributed by atoms with Crippen molar-refractivity contribution in [1.82, 2.24) is 10.2 Å². The van der Waals surface area contributed by atoms with E-state index in [9.17, 15) is 22.4 Å². The van der Waals surface area contributed by atoms with E-state index in [1.807, 2.05) is 45.0 Å². The third kappa shape index (κ3) is 8.77. The third-order valence-corrected chi connectivity index (χ3v) is 8.55. The molecule has 0 spiro atoms. The number of nitrogens with one attached hydrogen (secondary N) is 1. The molecule has 2 amide bonds. The van der Waals surface area contributed by atoms with Crippen molar-refractivity contribution in [3.63, 3.8) is 0 Å². The number of sulfonamides is 1. The lowest BCUT2D eigenvalue weighted by Crippen LogP contribution is -2.51. The van der Waals surface area contributed by atoms with Gasteiger partial charge in [0.15, 0.2) is 0 Å². The Kier molecular flexibility index (Phi) is 11.3. The molecule has 3 aromatic carbocycles. The summed E-state index contributed by atoms with van der Waals surface area (Å²) in [6, 6.07) is 17.1. The summed E-state index contributed by atoms with van der Waals surface area (Å²) < 4.78 is 48.5. The molecule has 8 nitrogen and oxygen atoms in total. The highest BCUT2D eigenvalue weighted by Crippen LogP contribution is 2.27. The van der Waals surface area contributed by atoms with Crippen LogP contribution in [0.2, 0.25) is 0 Å². The second kappa shape index (κ2) is 14.5. The van der Waals surface area contributed by atoms with E-state index < -0.39 is 34.3 Å². The minimum Gasteiger partial charge on any atom is -0.494 e. The number of hydrogen-bond donors (Lipinski definition) is 1. The quantitative estimate of drug-likeness (QED) is 0.269. The van der Waals surface area contributed by atoms with E-state index in [-0.39, 0.29) is 29.0 Å². The summed E-state index contributed by atoms with van der Waals surface area (Å²) in [5, 5.41) is 2.86. The number of carbonyl (C=O) groups is 2. The second-order valence-electron chi connectivity index (χ2n) is 9.86. The SMILES string of the molecule is CCOc1ccc(N(CC(=O)N(Cc2ccc(Br)cc2)[C@H](C)C(=O)NCC(C)C)S(=O)(=O)c2ccc(F)cc2)cc1. The van der Waals surface area contributed by atoms with E-state index in [1.165, 1.54) is 17.0 Å². The summed E-state index contributed by atoms with van der Waals surface area (Å²) in [5.74, 6) is -0.779. The van der Waals surface area contributed by atoms with Crippen LogP contribution in [0.3, 0.4) is 0 Å². The first-order valence-corrected chi connectivity index (χ1v) is 15.5. The topological polar surface area (TPSA) is 96.0 Å². The van der Waals surface area contributed by atoms with Gasteiger partial charge >= 0.3 is 0 Å². The van der Waals surface area contributed by atoms with Crippen LogP contribution in [-0.4, -0.2) is 50.9 Å². The van der Waals surface area contributed by atoms with Crippen LogP contribution in [-0.2, 0) is 26.2 Å². The lowest BCUT2D eigenvalue weighted by Gasteiger charge is -2.32. The highest BCUT2D eigenvalue weighted by Gasteiger charge is 2.32. The maximum Gasteiger partial charge on any atom is 0.264 e. The minimum atomic E-state index is -4.30. The van der Waals surface area contributed by atoms with Crippen molar-refractivity contribution in [2.45, 2.75) is 45.2 Å². The zero-order valence-electron chi connectivity index (χ0n) is 23.5. The summed E-state index contributed by atoms with van der Waals surface area (Å²) in [6.45, 7) is 7.72. The number of halogens is 2. The van der Waals surface area contributed by atoms with E-state index in [4.69, 9.17) is 4.74 Å². The molecule has 0 fully saturated rings. The molecule has 11 heteroatoms. The lowest BCUT2D eigenvalue weighted by atomic mass is 10.1. The van der Waals surface area contributed by atoms with Crippen molar-refractivity contribution < 1.29 is 27.1 Å². The number of benzene rings is 3. The predicted molar refractivity (Wildman–Crippen MR) is 161 cm³/mol. The fourth-order valence-electron chi connectivity index (χ4n) is 3.96. The van der Waals surface area contributed by atoms with Gasteiger partial charge in [-0.3, -0.25) is 13.9 Å². The maximum absolute atomic E-state index is 13.9. The van der Waals surface area contributed by atoms with Crippen molar-refractivity contribution in [1.29, 1.82) is 0 Å². The Balaban J connectivity index is 2.01. The summed E-state index contributed by atoms with van der Waals surface area (Å²) in [4.78, 5) is 28.2. The molecular weight excluding hydrogens is 613 g/mol. The Morgan fingerprint density at radius 3 is 2.12 bits per heavy atom. The van der Waals surface area contributed by atoms with Crippen molar-refractivity contribution >= 4 is 43.5 Å². The summed E-state index contributed by atoms with van der Waals surface area (Å²) >= 11 is 3.40. The van der Waals surface area contributed by atoms with Crippen LogP contribution in [0.4, 0.5) is 10.1 Å². The number of carbonyl (C=O) groups excluding carboxylic acids is 2. The third-order valence-electron chi connectivity index (χ3n) is 6.23. The molecule has 0 saturated carbocycles. The predicted octanol–water partition coefficient (Wildman–Crippen LogP) is 5.37. The molecule has 0 bridgehead atoms.